The number of aromatic nitrogens is 1. The lowest BCUT2D eigenvalue weighted by Gasteiger charge is -2.04. The average molecular weight is 176 g/mol. The molecule has 3 heteroatoms. The second-order valence-electron chi connectivity index (χ2n) is 2.74. The first kappa shape index (κ1) is 9.53. The van der Waals surface area contributed by atoms with Crippen LogP contribution in [0.5, 0.6) is 5.88 Å². The summed E-state index contributed by atoms with van der Waals surface area (Å²) in [4.78, 5) is 4.14. The van der Waals surface area contributed by atoms with Crippen LogP contribution in [-0.4, -0.2) is 11.6 Å². The number of nitriles is 1. The normalized spacial score (nSPS) is 9.31. The molecular weight excluding hydrogens is 164 g/mol. The molecular formula is C10H12N2O. The van der Waals surface area contributed by atoms with Crippen molar-refractivity contribution in [2.45, 2.75) is 20.3 Å². The fourth-order valence-electron chi connectivity index (χ4n) is 0.943. The van der Waals surface area contributed by atoms with Crippen LogP contribution in [0.25, 0.3) is 0 Å². The van der Waals surface area contributed by atoms with Crippen molar-refractivity contribution in [3.05, 3.63) is 23.4 Å². The Hall–Kier alpha value is -1.56. The van der Waals surface area contributed by atoms with E-state index in [0.29, 0.717) is 18.1 Å². The molecule has 0 fully saturated rings. The topological polar surface area (TPSA) is 45.9 Å². The third-order valence-corrected chi connectivity index (χ3v) is 1.63. The maximum atomic E-state index is 8.65. The molecule has 0 aliphatic carbocycles. The molecule has 0 amide bonds. The highest BCUT2D eigenvalue weighted by atomic mass is 16.5. The van der Waals surface area contributed by atoms with Crippen molar-refractivity contribution in [2.75, 3.05) is 6.61 Å². The zero-order valence-electron chi connectivity index (χ0n) is 7.87. The van der Waals surface area contributed by atoms with Crippen LogP contribution in [0.4, 0.5) is 0 Å². The molecule has 0 aliphatic heterocycles. The molecule has 1 aromatic heterocycles. The van der Waals surface area contributed by atoms with Gasteiger partial charge in [-0.1, -0.05) is 6.92 Å². The van der Waals surface area contributed by atoms with E-state index in [2.05, 4.69) is 11.1 Å². The number of nitrogens with zero attached hydrogens (tertiary/aromatic N) is 2. The van der Waals surface area contributed by atoms with Crippen molar-refractivity contribution in [3.63, 3.8) is 0 Å². The molecule has 0 N–H and O–H groups in total. The van der Waals surface area contributed by atoms with Crippen LogP contribution >= 0.6 is 0 Å². The minimum atomic E-state index is 0.596. The van der Waals surface area contributed by atoms with E-state index >= 15 is 0 Å². The molecule has 3 nitrogen and oxygen atoms in total. The van der Waals surface area contributed by atoms with Crippen LogP contribution in [0.15, 0.2) is 12.1 Å². The van der Waals surface area contributed by atoms with E-state index in [-0.39, 0.29) is 0 Å². The van der Waals surface area contributed by atoms with E-state index in [1.807, 2.05) is 6.92 Å². The van der Waals surface area contributed by atoms with Crippen molar-refractivity contribution in [1.29, 1.82) is 5.26 Å². The molecule has 68 valence electrons. The Kier molecular flexibility index (Phi) is 3.27. The van der Waals surface area contributed by atoms with Crippen molar-refractivity contribution >= 4 is 0 Å². The summed E-state index contributed by atoms with van der Waals surface area (Å²) >= 11 is 0. The lowest BCUT2D eigenvalue weighted by atomic mass is 10.2. The summed E-state index contributed by atoms with van der Waals surface area (Å²) < 4.78 is 5.31. The minimum absolute atomic E-state index is 0.596. The Morgan fingerprint density at radius 2 is 2.31 bits per heavy atom. The van der Waals surface area contributed by atoms with Crippen LogP contribution in [0.2, 0.25) is 0 Å². The van der Waals surface area contributed by atoms with E-state index < -0.39 is 0 Å². The third kappa shape index (κ3) is 2.45. The quantitative estimate of drug-likeness (QED) is 0.708. The Balaban J connectivity index is 2.79. The first-order valence-corrected chi connectivity index (χ1v) is 4.28. The Bertz CT molecular complexity index is 328. The molecule has 1 aromatic rings. The molecule has 0 aliphatic rings. The Morgan fingerprint density at radius 3 is 2.85 bits per heavy atom. The van der Waals surface area contributed by atoms with Gasteiger partial charge in [-0.3, -0.25) is 0 Å². The SMILES string of the molecule is CCCOc1ccc(C#N)c(C)n1. The second-order valence-corrected chi connectivity index (χ2v) is 2.74. The van der Waals surface area contributed by atoms with E-state index in [1.54, 1.807) is 19.1 Å². The van der Waals surface area contributed by atoms with Gasteiger partial charge in [0.05, 0.1) is 17.9 Å². The predicted octanol–water partition coefficient (Wildman–Crippen LogP) is 2.05. The number of aryl methyl sites for hydroxylation is 1. The fraction of sp³-hybridized carbons (Fsp3) is 0.400. The number of ether oxygens (including phenoxy) is 1. The van der Waals surface area contributed by atoms with Gasteiger partial charge in [0.15, 0.2) is 0 Å². The monoisotopic (exact) mass is 176 g/mol. The van der Waals surface area contributed by atoms with Gasteiger partial charge in [0, 0.05) is 6.07 Å². The molecule has 0 radical (unpaired) electrons. The number of pyridine rings is 1. The highest BCUT2D eigenvalue weighted by molar-refractivity contribution is 5.34. The number of hydrogen-bond donors (Lipinski definition) is 0. The molecule has 1 rings (SSSR count). The summed E-state index contributed by atoms with van der Waals surface area (Å²) in [6.45, 7) is 4.51. The third-order valence-electron chi connectivity index (χ3n) is 1.63. The summed E-state index contributed by atoms with van der Waals surface area (Å²) in [6.07, 6.45) is 0.959. The summed E-state index contributed by atoms with van der Waals surface area (Å²) in [6, 6.07) is 5.51. The van der Waals surface area contributed by atoms with E-state index in [9.17, 15) is 0 Å². The minimum Gasteiger partial charge on any atom is -0.478 e. The summed E-state index contributed by atoms with van der Waals surface area (Å²) in [7, 11) is 0. The molecule has 0 spiro atoms. The van der Waals surface area contributed by atoms with Gasteiger partial charge < -0.3 is 4.74 Å². The molecule has 0 unspecified atom stereocenters. The lowest BCUT2D eigenvalue weighted by Crippen LogP contribution is -1.98. The average Bonchev–Trinajstić information content (AvgIpc) is 2.15. The zero-order chi connectivity index (χ0) is 9.68. The molecule has 0 saturated carbocycles. The largest absolute Gasteiger partial charge is 0.478 e. The number of hydrogen-bond acceptors (Lipinski definition) is 3. The van der Waals surface area contributed by atoms with Crippen LogP contribution in [0, 0.1) is 18.3 Å². The fourth-order valence-corrected chi connectivity index (χ4v) is 0.943. The standard InChI is InChI=1S/C10H12N2O/c1-3-6-13-10-5-4-9(7-11)8(2)12-10/h4-5H,3,6H2,1-2H3. The second kappa shape index (κ2) is 4.46. The summed E-state index contributed by atoms with van der Waals surface area (Å²) in [5.74, 6) is 0.596. The van der Waals surface area contributed by atoms with Crippen molar-refractivity contribution in [1.82, 2.24) is 4.98 Å². The van der Waals surface area contributed by atoms with Gasteiger partial charge in [0.25, 0.3) is 0 Å². The molecule has 0 saturated heterocycles. The highest BCUT2D eigenvalue weighted by Gasteiger charge is 2.00. The van der Waals surface area contributed by atoms with Crippen LogP contribution in [0.3, 0.4) is 0 Å². The molecule has 0 bridgehead atoms. The van der Waals surface area contributed by atoms with E-state index in [4.69, 9.17) is 10.00 Å². The van der Waals surface area contributed by atoms with Crippen LogP contribution in [-0.2, 0) is 0 Å². The smallest absolute Gasteiger partial charge is 0.213 e. The Labute approximate surface area is 78.0 Å². The maximum absolute atomic E-state index is 8.65. The van der Waals surface area contributed by atoms with Gasteiger partial charge in [-0.05, 0) is 19.4 Å². The van der Waals surface area contributed by atoms with Gasteiger partial charge in [-0.2, -0.15) is 5.26 Å². The van der Waals surface area contributed by atoms with Gasteiger partial charge in [0.2, 0.25) is 5.88 Å². The van der Waals surface area contributed by atoms with Gasteiger partial charge in [-0.25, -0.2) is 4.98 Å². The first-order valence-electron chi connectivity index (χ1n) is 4.28. The zero-order valence-corrected chi connectivity index (χ0v) is 7.87. The molecule has 1 heterocycles. The van der Waals surface area contributed by atoms with E-state index in [0.717, 1.165) is 12.1 Å². The van der Waals surface area contributed by atoms with Crippen LogP contribution in [0.1, 0.15) is 24.6 Å². The summed E-state index contributed by atoms with van der Waals surface area (Å²) in [5.41, 5.74) is 1.32. The van der Waals surface area contributed by atoms with Gasteiger partial charge in [-0.15, -0.1) is 0 Å². The Morgan fingerprint density at radius 1 is 1.54 bits per heavy atom. The van der Waals surface area contributed by atoms with E-state index in [1.165, 1.54) is 0 Å². The van der Waals surface area contributed by atoms with Gasteiger partial charge >= 0.3 is 0 Å². The first-order chi connectivity index (χ1) is 6.27. The number of rotatable bonds is 3. The molecule has 0 aromatic carbocycles. The predicted molar refractivity (Wildman–Crippen MR) is 49.5 cm³/mol. The molecule has 0 atom stereocenters. The van der Waals surface area contributed by atoms with Crippen molar-refractivity contribution in [2.24, 2.45) is 0 Å². The summed E-state index contributed by atoms with van der Waals surface area (Å²) in [5, 5.41) is 8.65. The molecule has 13 heavy (non-hydrogen) atoms. The van der Waals surface area contributed by atoms with Crippen molar-refractivity contribution in [3.8, 4) is 11.9 Å². The lowest BCUT2D eigenvalue weighted by molar-refractivity contribution is 0.304. The van der Waals surface area contributed by atoms with Crippen LogP contribution < -0.4 is 4.74 Å². The highest BCUT2D eigenvalue weighted by Crippen LogP contribution is 2.11. The maximum Gasteiger partial charge on any atom is 0.213 e. The van der Waals surface area contributed by atoms with Crippen molar-refractivity contribution < 1.29 is 4.74 Å². The van der Waals surface area contributed by atoms with Gasteiger partial charge in [0.1, 0.15) is 6.07 Å².